The zero-order chi connectivity index (χ0) is 14.6. The Kier molecular flexibility index (Phi) is 4.92. The van der Waals surface area contributed by atoms with Gasteiger partial charge in [-0.05, 0) is 18.6 Å². The van der Waals surface area contributed by atoms with Crippen molar-refractivity contribution >= 4 is 21.4 Å². The van der Waals surface area contributed by atoms with Gasteiger partial charge in [-0.25, -0.2) is 13.1 Å². The van der Waals surface area contributed by atoms with E-state index in [0.29, 0.717) is 0 Å². The lowest BCUT2D eigenvalue weighted by molar-refractivity contribution is 0.269. The van der Waals surface area contributed by atoms with Gasteiger partial charge in [-0.2, -0.15) is 5.10 Å². The van der Waals surface area contributed by atoms with Crippen molar-refractivity contribution in [3.63, 3.8) is 0 Å². The molecular weight excluding hydrogens is 298 g/mol. The molecular formula is C12H17N3O3S2. The maximum absolute atomic E-state index is 12.1. The second-order valence-electron chi connectivity index (χ2n) is 4.21. The molecule has 2 rings (SSSR count). The third-order valence-electron chi connectivity index (χ3n) is 2.75. The molecule has 2 aromatic heterocycles. The van der Waals surface area contributed by atoms with Crippen LogP contribution in [0.2, 0.25) is 0 Å². The van der Waals surface area contributed by atoms with Crippen LogP contribution in [0.5, 0.6) is 0 Å². The second-order valence-corrected chi connectivity index (χ2v) is 7.23. The molecule has 0 atom stereocenters. The molecule has 2 heterocycles. The predicted molar refractivity (Wildman–Crippen MR) is 77.0 cm³/mol. The standard InChI is InChI=1S/C12H17N3O3S2/c1-2-10-3-4-11(19-10)7-14-20(17,18)12-8-13-15(9-12)5-6-16/h3-4,8-9,14,16H,2,5-7H2,1H3. The van der Waals surface area contributed by atoms with Gasteiger partial charge in [-0.1, -0.05) is 6.92 Å². The van der Waals surface area contributed by atoms with E-state index in [4.69, 9.17) is 5.11 Å². The Balaban J connectivity index is 2.02. The quantitative estimate of drug-likeness (QED) is 0.797. The lowest BCUT2D eigenvalue weighted by atomic mass is 10.4. The normalized spacial score (nSPS) is 11.9. The number of sulfonamides is 1. The fraction of sp³-hybridized carbons (Fsp3) is 0.417. The number of nitrogens with zero attached hydrogens (tertiary/aromatic N) is 2. The van der Waals surface area contributed by atoms with Crippen molar-refractivity contribution in [2.24, 2.45) is 0 Å². The molecule has 0 bridgehead atoms. The van der Waals surface area contributed by atoms with E-state index >= 15 is 0 Å². The first-order valence-electron chi connectivity index (χ1n) is 6.25. The number of thiophene rings is 1. The summed E-state index contributed by atoms with van der Waals surface area (Å²) in [7, 11) is -3.56. The van der Waals surface area contributed by atoms with Crippen LogP contribution in [-0.2, 0) is 29.5 Å². The van der Waals surface area contributed by atoms with Crippen LogP contribution in [0.15, 0.2) is 29.4 Å². The lowest BCUT2D eigenvalue weighted by Gasteiger charge is -2.02. The highest BCUT2D eigenvalue weighted by Crippen LogP contribution is 2.17. The van der Waals surface area contributed by atoms with Crippen LogP contribution in [0.4, 0.5) is 0 Å². The van der Waals surface area contributed by atoms with Gasteiger partial charge in [0.05, 0.1) is 19.3 Å². The Morgan fingerprint density at radius 3 is 2.80 bits per heavy atom. The smallest absolute Gasteiger partial charge is 0.244 e. The van der Waals surface area contributed by atoms with Crippen molar-refractivity contribution in [1.29, 1.82) is 0 Å². The van der Waals surface area contributed by atoms with Crippen molar-refractivity contribution < 1.29 is 13.5 Å². The summed E-state index contributed by atoms with van der Waals surface area (Å²) in [5, 5.41) is 12.7. The average molecular weight is 315 g/mol. The van der Waals surface area contributed by atoms with Crippen LogP contribution in [0, 0.1) is 0 Å². The van der Waals surface area contributed by atoms with E-state index in [-0.39, 0.29) is 24.6 Å². The highest BCUT2D eigenvalue weighted by molar-refractivity contribution is 7.89. The average Bonchev–Trinajstić information content (AvgIpc) is 3.06. The SMILES string of the molecule is CCc1ccc(CNS(=O)(=O)c2cnn(CCO)c2)s1. The van der Waals surface area contributed by atoms with E-state index < -0.39 is 10.0 Å². The van der Waals surface area contributed by atoms with Gasteiger partial charge in [0.25, 0.3) is 0 Å². The Morgan fingerprint density at radius 2 is 2.15 bits per heavy atom. The number of nitrogens with one attached hydrogen (secondary N) is 1. The molecule has 2 N–H and O–H groups in total. The second kappa shape index (κ2) is 6.49. The first-order chi connectivity index (χ1) is 9.55. The minimum absolute atomic E-state index is 0.0798. The molecule has 0 radical (unpaired) electrons. The van der Waals surface area contributed by atoms with Gasteiger partial charge in [0.1, 0.15) is 4.90 Å². The number of rotatable bonds is 7. The number of aromatic nitrogens is 2. The summed E-state index contributed by atoms with van der Waals surface area (Å²) in [5.41, 5.74) is 0. The molecule has 0 aromatic carbocycles. The molecule has 20 heavy (non-hydrogen) atoms. The van der Waals surface area contributed by atoms with E-state index in [1.807, 2.05) is 12.1 Å². The van der Waals surface area contributed by atoms with Crippen LogP contribution in [0.3, 0.4) is 0 Å². The number of hydrogen-bond donors (Lipinski definition) is 2. The summed E-state index contributed by atoms with van der Waals surface area (Å²) in [6.07, 6.45) is 3.64. The van der Waals surface area contributed by atoms with Gasteiger partial charge in [-0.3, -0.25) is 4.68 Å². The number of aliphatic hydroxyl groups excluding tert-OH is 1. The molecule has 0 aliphatic rings. The molecule has 6 nitrogen and oxygen atoms in total. The molecule has 0 aliphatic carbocycles. The molecule has 0 saturated carbocycles. The predicted octanol–water partition coefficient (Wildman–Crippen LogP) is 0.978. The van der Waals surface area contributed by atoms with Gasteiger partial charge in [0.15, 0.2) is 0 Å². The molecule has 2 aromatic rings. The van der Waals surface area contributed by atoms with E-state index in [0.717, 1.165) is 11.3 Å². The largest absolute Gasteiger partial charge is 0.394 e. The third-order valence-corrected chi connectivity index (χ3v) is 5.34. The zero-order valence-electron chi connectivity index (χ0n) is 11.1. The summed E-state index contributed by atoms with van der Waals surface area (Å²) in [5.74, 6) is 0. The van der Waals surface area contributed by atoms with Gasteiger partial charge >= 0.3 is 0 Å². The minimum atomic E-state index is -3.56. The zero-order valence-corrected chi connectivity index (χ0v) is 12.7. The number of aliphatic hydroxyl groups is 1. The van der Waals surface area contributed by atoms with Crippen LogP contribution in [0.1, 0.15) is 16.7 Å². The Morgan fingerprint density at radius 1 is 1.40 bits per heavy atom. The fourth-order valence-electron chi connectivity index (χ4n) is 1.66. The maximum Gasteiger partial charge on any atom is 0.244 e. The monoisotopic (exact) mass is 315 g/mol. The van der Waals surface area contributed by atoms with Crippen LogP contribution >= 0.6 is 11.3 Å². The minimum Gasteiger partial charge on any atom is -0.394 e. The van der Waals surface area contributed by atoms with Crippen molar-refractivity contribution in [2.45, 2.75) is 31.3 Å². The molecule has 0 fully saturated rings. The van der Waals surface area contributed by atoms with E-state index in [9.17, 15) is 8.42 Å². The van der Waals surface area contributed by atoms with Gasteiger partial charge in [0, 0.05) is 22.5 Å². The molecule has 0 saturated heterocycles. The van der Waals surface area contributed by atoms with E-state index in [1.54, 1.807) is 11.3 Å². The van der Waals surface area contributed by atoms with Gasteiger partial charge in [0.2, 0.25) is 10.0 Å². The van der Waals surface area contributed by atoms with Gasteiger partial charge < -0.3 is 5.11 Å². The van der Waals surface area contributed by atoms with E-state index in [1.165, 1.54) is 22.0 Å². The summed E-state index contributed by atoms with van der Waals surface area (Å²) < 4.78 is 28.1. The maximum atomic E-state index is 12.1. The van der Waals surface area contributed by atoms with Crippen molar-refractivity contribution in [3.8, 4) is 0 Å². The number of aryl methyl sites for hydroxylation is 1. The summed E-state index contributed by atoms with van der Waals surface area (Å²) in [6.45, 7) is 2.54. The van der Waals surface area contributed by atoms with E-state index in [2.05, 4.69) is 16.7 Å². The summed E-state index contributed by atoms with van der Waals surface area (Å²) in [4.78, 5) is 2.32. The van der Waals surface area contributed by atoms with Crippen LogP contribution < -0.4 is 4.72 Å². The summed E-state index contributed by atoms with van der Waals surface area (Å²) in [6, 6.07) is 3.94. The molecule has 8 heteroatoms. The Bertz CT molecular complexity index is 661. The van der Waals surface area contributed by atoms with Crippen LogP contribution in [0.25, 0.3) is 0 Å². The first-order valence-corrected chi connectivity index (χ1v) is 8.55. The Hall–Kier alpha value is -1.22. The highest BCUT2D eigenvalue weighted by atomic mass is 32.2. The topological polar surface area (TPSA) is 84.2 Å². The van der Waals surface area contributed by atoms with Crippen molar-refractivity contribution in [3.05, 3.63) is 34.3 Å². The fourth-order valence-corrected chi connectivity index (χ4v) is 3.61. The highest BCUT2D eigenvalue weighted by Gasteiger charge is 2.16. The molecule has 0 amide bonds. The molecule has 0 unspecified atom stereocenters. The third kappa shape index (κ3) is 3.66. The number of hydrogen-bond acceptors (Lipinski definition) is 5. The van der Waals surface area contributed by atoms with Gasteiger partial charge in [-0.15, -0.1) is 11.3 Å². The lowest BCUT2D eigenvalue weighted by Crippen LogP contribution is -2.22. The molecule has 0 aliphatic heterocycles. The first kappa shape index (κ1) is 15.2. The molecule has 110 valence electrons. The van der Waals surface area contributed by atoms with Crippen molar-refractivity contribution in [1.82, 2.24) is 14.5 Å². The molecule has 0 spiro atoms. The van der Waals surface area contributed by atoms with Crippen molar-refractivity contribution in [2.75, 3.05) is 6.61 Å². The summed E-state index contributed by atoms with van der Waals surface area (Å²) >= 11 is 1.60. The van der Waals surface area contributed by atoms with Crippen LogP contribution in [-0.4, -0.2) is 29.9 Å². The Labute approximate surface area is 122 Å².